The van der Waals surface area contributed by atoms with Crippen LogP contribution in [0.4, 0.5) is 0 Å². The van der Waals surface area contributed by atoms with Crippen LogP contribution >= 0.6 is 0 Å². The van der Waals surface area contributed by atoms with Gasteiger partial charge in [-0.05, 0) is 35.9 Å². The van der Waals surface area contributed by atoms with Gasteiger partial charge in [-0.2, -0.15) is 0 Å². The summed E-state index contributed by atoms with van der Waals surface area (Å²) in [5.41, 5.74) is 0. The molecular weight excluding hydrogens is 366 g/mol. The molecule has 1 unspecified atom stereocenters. The van der Waals surface area contributed by atoms with Crippen LogP contribution in [0.5, 0.6) is 0 Å². The number of aliphatic hydroxyl groups is 1. The van der Waals surface area contributed by atoms with Gasteiger partial charge >= 0.3 is 0 Å². The van der Waals surface area contributed by atoms with Crippen molar-refractivity contribution in [1.82, 2.24) is 4.90 Å². The zero-order chi connectivity index (χ0) is 20.4. The molecule has 152 valence electrons. The molecule has 1 saturated heterocycles. The Morgan fingerprint density at radius 1 is 1.00 bits per heavy atom. The molecule has 3 atom stereocenters. The lowest BCUT2D eigenvalue weighted by Gasteiger charge is -2.43. The molecule has 28 heavy (non-hydrogen) atoms. The number of likely N-dealkylation sites (N-methyl/N-ethyl adjacent to an activating group) is 1. The summed E-state index contributed by atoms with van der Waals surface area (Å²) in [5.74, 6) is 0. The van der Waals surface area contributed by atoms with Crippen molar-refractivity contribution in [3.8, 4) is 0 Å². The van der Waals surface area contributed by atoms with Crippen molar-refractivity contribution in [3.63, 3.8) is 0 Å². The van der Waals surface area contributed by atoms with Crippen LogP contribution in [-0.4, -0.2) is 57.5 Å². The Bertz CT molecular complexity index is 706. The molecular formula is C23H33NO3Si. The largest absolute Gasteiger partial charge is 0.405 e. The van der Waals surface area contributed by atoms with Crippen molar-refractivity contribution in [1.29, 1.82) is 0 Å². The maximum atomic E-state index is 10.2. The van der Waals surface area contributed by atoms with E-state index >= 15 is 0 Å². The molecule has 0 spiro atoms. The molecule has 0 aromatic heterocycles. The lowest BCUT2D eigenvalue weighted by Crippen LogP contribution is -2.67. The minimum absolute atomic E-state index is 0.00718. The van der Waals surface area contributed by atoms with E-state index in [2.05, 4.69) is 81.4 Å². The fraction of sp³-hybridized carbons (Fsp3) is 0.478. The van der Waals surface area contributed by atoms with E-state index in [1.165, 1.54) is 10.4 Å². The van der Waals surface area contributed by atoms with E-state index in [4.69, 9.17) is 9.16 Å². The number of rotatable bonds is 6. The fourth-order valence-electron chi connectivity index (χ4n) is 4.28. The maximum absolute atomic E-state index is 10.2. The van der Waals surface area contributed by atoms with Crippen molar-refractivity contribution in [2.45, 2.75) is 50.7 Å². The first-order valence-corrected chi connectivity index (χ1v) is 11.9. The van der Waals surface area contributed by atoms with Crippen LogP contribution in [-0.2, 0) is 9.16 Å². The Morgan fingerprint density at radius 3 is 1.89 bits per heavy atom. The van der Waals surface area contributed by atoms with E-state index in [0.717, 1.165) is 6.42 Å². The molecule has 0 amide bonds. The van der Waals surface area contributed by atoms with Crippen LogP contribution < -0.4 is 10.4 Å². The second-order valence-corrected chi connectivity index (χ2v) is 13.2. The summed E-state index contributed by atoms with van der Waals surface area (Å²) in [5, 5.41) is 12.7. The Hall–Kier alpha value is -1.50. The molecule has 1 N–H and O–H groups in total. The number of aliphatic hydroxyl groups excluding tert-OH is 1. The number of hydrogen-bond acceptors (Lipinski definition) is 4. The van der Waals surface area contributed by atoms with Crippen molar-refractivity contribution in [2.75, 3.05) is 20.7 Å². The van der Waals surface area contributed by atoms with Crippen LogP contribution in [0, 0.1) is 0 Å². The zero-order valence-corrected chi connectivity index (χ0v) is 18.6. The second-order valence-electron chi connectivity index (χ2n) is 8.89. The molecule has 2 aromatic rings. The molecule has 0 bridgehead atoms. The monoisotopic (exact) mass is 399 g/mol. The maximum Gasteiger partial charge on any atom is 0.261 e. The van der Waals surface area contributed by atoms with Gasteiger partial charge in [0.25, 0.3) is 8.32 Å². The molecule has 3 rings (SSSR count). The van der Waals surface area contributed by atoms with Gasteiger partial charge in [0, 0.05) is 0 Å². The minimum atomic E-state index is -2.56. The number of hydrogen-bond donors (Lipinski definition) is 1. The Morgan fingerprint density at radius 2 is 1.50 bits per heavy atom. The minimum Gasteiger partial charge on any atom is -0.405 e. The van der Waals surface area contributed by atoms with E-state index in [9.17, 15) is 5.11 Å². The van der Waals surface area contributed by atoms with E-state index in [1.807, 2.05) is 19.0 Å². The van der Waals surface area contributed by atoms with Crippen molar-refractivity contribution >= 4 is 18.7 Å². The molecule has 0 radical (unpaired) electrons. The molecule has 2 aromatic carbocycles. The summed E-state index contributed by atoms with van der Waals surface area (Å²) >= 11 is 0. The molecule has 0 saturated carbocycles. The molecule has 0 aliphatic carbocycles. The molecule has 1 fully saturated rings. The van der Waals surface area contributed by atoms with Gasteiger partial charge in [0.15, 0.2) is 6.29 Å². The van der Waals surface area contributed by atoms with Crippen LogP contribution in [0.25, 0.3) is 0 Å². The van der Waals surface area contributed by atoms with Gasteiger partial charge < -0.3 is 19.2 Å². The highest BCUT2D eigenvalue weighted by molar-refractivity contribution is 6.99. The lowest BCUT2D eigenvalue weighted by atomic mass is 10.1. The predicted molar refractivity (Wildman–Crippen MR) is 117 cm³/mol. The zero-order valence-electron chi connectivity index (χ0n) is 17.6. The molecule has 1 heterocycles. The van der Waals surface area contributed by atoms with Gasteiger partial charge in [0.1, 0.15) is 0 Å². The highest BCUT2D eigenvalue weighted by atomic mass is 28.4. The van der Waals surface area contributed by atoms with Crippen LogP contribution in [0.2, 0.25) is 5.04 Å². The lowest BCUT2D eigenvalue weighted by molar-refractivity contribution is -0.117. The third-order valence-corrected chi connectivity index (χ3v) is 10.7. The van der Waals surface area contributed by atoms with Gasteiger partial charge in [-0.1, -0.05) is 81.4 Å². The first kappa shape index (κ1) is 21.2. The second kappa shape index (κ2) is 8.47. The van der Waals surface area contributed by atoms with Gasteiger partial charge in [-0.25, -0.2) is 0 Å². The fourth-order valence-corrected chi connectivity index (χ4v) is 8.87. The third-order valence-electron chi connectivity index (χ3n) is 5.73. The molecule has 1 aliphatic rings. The Balaban J connectivity index is 1.96. The van der Waals surface area contributed by atoms with Gasteiger partial charge in [0.2, 0.25) is 0 Å². The van der Waals surface area contributed by atoms with E-state index in [-0.39, 0.29) is 17.2 Å². The summed E-state index contributed by atoms with van der Waals surface area (Å²) in [6.07, 6.45) is -0.0985. The quantitative estimate of drug-likeness (QED) is 0.758. The summed E-state index contributed by atoms with van der Waals surface area (Å²) in [6.45, 7) is 7.29. The summed E-state index contributed by atoms with van der Waals surface area (Å²) in [4.78, 5) is 2.02. The Labute approximate surface area is 170 Å². The molecule has 1 aliphatic heterocycles. The Kier molecular flexibility index (Phi) is 6.42. The van der Waals surface area contributed by atoms with E-state index < -0.39 is 14.6 Å². The number of ether oxygens (including phenoxy) is 1. The van der Waals surface area contributed by atoms with Crippen LogP contribution in [0.3, 0.4) is 0 Å². The first-order valence-electron chi connectivity index (χ1n) is 10.0. The standard InChI is InChI=1S/C23H33NO3Si/c1-23(2,3)28(19-12-8-6-9-13-19,20-14-10-7-11-15-20)26-17-18-16-21(24(4)5)22(25)27-18/h6-15,18,21-22,25H,16-17H2,1-5H3/t18-,21+,22?/m1/s1. The average Bonchev–Trinajstić information content (AvgIpc) is 3.04. The smallest absolute Gasteiger partial charge is 0.261 e. The van der Waals surface area contributed by atoms with E-state index in [0.29, 0.717) is 6.61 Å². The SMILES string of the molecule is CN(C)[C@H]1C[C@H](CO[Si](c2ccccc2)(c2ccccc2)C(C)(C)C)OC1O. The molecule has 5 heteroatoms. The summed E-state index contributed by atoms with van der Waals surface area (Å²) < 4.78 is 12.7. The number of nitrogens with zero attached hydrogens (tertiary/aromatic N) is 1. The topological polar surface area (TPSA) is 41.9 Å². The van der Waals surface area contributed by atoms with Gasteiger partial charge in [-0.3, -0.25) is 0 Å². The van der Waals surface area contributed by atoms with Gasteiger partial charge in [-0.15, -0.1) is 0 Å². The predicted octanol–water partition coefficient (Wildman–Crippen LogP) is 2.60. The van der Waals surface area contributed by atoms with Crippen molar-refractivity contribution in [3.05, 3.63) is 60.7 Å². The average molecular weight is 400 g/mol. The van der Waals surface area contributed by atoms with Crippen molar-refractivity contribution in [2.24, 2.45) is 0 Å². The summed E-state index contributed by atoms with van der Waals surface area (Å²) in [7, 11) is 1.39. The number of benzene rings is 2. The first-order chi connectivity index (χ1) is 13.3. The highest BCUT2D eigenvalue weighted by Gasteiger charge is 2.51. The summed E-state index contributed by atoms with van der Waals surface area (Å²) in [6, 6.07) is 21.2. The normalized spacial score (nSPS) is 23.3. The third kappa shape index (κ3) is 4.09. The van der Waals surface area contributed by atoms with Crippen LogP contribution in [0.1, 0.15) is 27.2 Å². The van der Waals surface area contributed by atoms with Crippen LogP contribution in [0.15, 0.2) is 60.7 Å². The molecule has 4 nitrogen and oxygen atoms in total. The van der Waals surface area contributed by atoms with Gasteiger partial charge in [0.05, 0.1) is 18.8 Å². The highest BCUT2D eigenvalue weighted by Crippen LogP contribution is 2.37. The van der Waals surface area contributed by atoms with Crippen molar-refractivity contribution < 1.29 is 14.3 Å². The van der Waals surface area contributed by atoms with E-state index in [1.54, 1.807) is 0 Å².